The van der Waals surface area contributed by atoms with Gasteiger partial charge < -0.3 is 19.7 Å². The summed E-state index contributed by atoms with van der Waals surface area (Å²) in [6.45, 7) is 13.0. The number of amides is 1. The molecule has 1 saturated heterocycles. The average Bonchev–Trinajstić information content (AvgIpc) is 2.86. The molecule has 196 valence electrons. The number of nitrogens with one attached hydrogen (secondary N) is 1. The lowest BCUT2D eigenvalue weighted by atomic mass is 9.99. The smallest absolute Gasteiger partial charge is 0.251 e. The third-order valence-electron chi connectivity index (χ3n) is 6.94. The van der Waals surface area contributed by atoms with Crippen molar-refractivity contribution < 1.29 is 14.3 Å². The second-order valence-electron chi connectivity index (χ2n) is 10.6. The van der Waals surface area contributed by atoms with Gasteiger partial charge in [0, 0.05) is 44.7 Å². The quantitative estimate of drug-likeness (QED) is 0.648. The summed E-state index contributed by atoms with van der Waals surface area (Å²) in [5, 5.41) is 3.12. The van der Waals surface area contributed by atoms with E-state index in [-0.39, 0.29) is 5.91 Å². The molecule has 36 heavy (non-hydrogen) atoms. The Bertz CT molecular complexity index is 972. The SMILES string of the molecule is CC(C)CN1CCOCCOc2ccc(C(=O)NCCN3CCCCC3)cc2Cc2cccc(c2)C1. The first-order valence-corrected chi connectivity index (χ1v) is 13.7. The summed E-state index contributed by atoms with van der Waals surface area (Å²) < 4.78 is 12.0. The van der Waals surface area contributed by atoms with Crippen molar-refractivity contribution in [2.24, 2.45) is 5.92 Å². The van der Waals surface area contributed by atoms with E-state index in [0.29, 0.717) is 37.8 Å². The van der Waals surface area contributed by atoms with Crippen LogP contribution in [0.15, 0.2) is 42.5 Å². The van der Waals surface area contributed by atoms with Crippen molar-refractivity contribution >= 4 is 5.91 Å². The minimum absolute atomic E-state index is 0.0179. The summed E-state index contributed by atoms with van der Waals surface area (Å²) in [5.74, 6) is 1.41. The van der Waals surface area contributed by atoms with Crippen LogP contribution in [-0.2, 0) is 17.7 Å². The molecule has 4 rings (SSSR count). The van der Waals surface area contributed by atoms with E-state index in [4.69, 9.17) is 9.47 Å². The number of ether oxygens (including phenoxy) is 2. The second-order valence-corrected chi connectivity index (χ2v) is 10.6. The largest absolute Gasteiger partial charge is 0.491 e. The Balaban J connectivity index is 1.47. The van der Waals surface area contributed by atoms with E-state index in [9.17, 15) is 4.79 Å². The van der Waals surface area contributed by atoms with Crippen LogP contribution in [0, 0.1) is 5.92 Å². The van der Waals surface area contributed by atoms with Crippen molar-refractivity contribution in [3.8, 4) is 5.75 Å². The topological polar surface area (TPSA) is 54.0 Å². The van der Waals surface area contributed by atoms with E-state index in [1.165, 1.54) is 30.4 Å². The fourth-order valence-electron chi connectivity index (χ4n) is 5.19. The average molecular weight is 494 g/mol. The molecule has 2 bridgehead atoms. The molecule has 0 atom stereocenters. The summed E-state index contributed by atoms with van der Waals surface area (Å²) in [7, 11) is 0. The van der Waals surface area contributed by atoms with Crippen molar-refractivity contribution in [2.75, 3.05) is 59.1 Å². The summed E-state index contributed by atoms with van der Waals surface area (Å²) in [5.41, 5.74) is 4.26. The Morgan fingerprint density at radius 3 is 2.61 bits per heavy atom. The van der Waals surface area contributed by atoms with Crippen LogP contribution in [0.25, 0.3) is 0 Å². The lowest BCUT2D eigenvalue weighted by Gasteiger charge is -2.26. The Hall–Kier alpha value is -2.41. The van der Waals surface area contributed by atoms with E-state index in [0.717, 1.165) is 57.0 Å². The first-order valence-electron chi connectivity index (χ1n) is 13.7. The number of rotatable bonds is 6. The number of benzene rings is 2. The molecule has 2 aliphatic rings. The predicted octanol–water partition coefficient (Wildman–Crippen LogP) is 4.36. The lowest BCUT2D eigenvalue weighted by molar-refractivity contribution is 0.0746. The number of nitrogens with zero attached hydrogens (tertiary/aromatic N) is 2. The minimum atomic E-state index is -0.0179. The molecule has 1 fully saturated rings. The van der Waals surface area contributed by atoms with Crippen LogP contribution >= 0.6 is 0 Å². The van der Waals surface area contributed by atoms with Crippen LogP contribution in [0.2, 0.25) is 0 Å². The van der Waals surface area contributed by atoms with E-state index >= 15 is 0 Å². The number of hydrogen-bond acceptors (Lipinski definition) is 5. The Kier molecular flexibility index (Phi) is 10.2. The zero-order valence-electron chi connectivity index (χ0n) is 22.1. The second kappa shape index (κ2) is 13.8. The van der Waals surface area contributed by atoms with E-state index in [2.05, 4.69) is 53.2 Å². The van der Waals surface area contributed by atoms with Gasteiger partial charge in [0.2, 0.25) is 0 Å². The summed E-state index contributed by atoms with van der Waals surface area (Å²) in [6, 6.07) is 14.6. The lowest BCUT2D eigenvalue weighted by Crippen LogP contribution is -2.37. The normalized spacial score (nSPS) is 18.2. The van der Waals surface area contributed by atoms with Crippen LogP contribution in [0.4, 0.5) is 0 Å². The first kappa shape index (κ1) is 26.6. The Labute approximate surface area is 217 Å². The molecule has 1 N–H and O–H groups in total. The van der Waals surface area contributed by atoms with Gasteiger partial charge in [0.05, 0.1) is 13.2 Å². The molecule has 2 heterocycles. The van der Waals surface area contributed by atoms with Crippen molar-refractivity contribution in [1.29, 1.82) is 0 Å². The fraction of sp³-hybridized carbons (Fsp3) is 0.567. The molecule has 0 radical (unpaired) electrons. The first-order chi connectivity index (χ1) is 17.6. The maximum Gasteiger partial charge on any atom is 0.251 e. The maximum absolute atomic E-state index is 12.9. The molecule has 2 aromatic rings. The van der Waals surface area contributed by atoms with Crippen LogP contribution in [0.3, 0.4) is 0 Å². The highest BCUT2D eigenvalue weighted by atomic mass is 16.5. The zero-order valence-corrected chi connectivity index (χ0v) is 22.1. The number of carbonyl (C=O) groups excluding carboxylic acids is 1. The third-order valence-corrected chi connectivity index (χ3v) is 6.94. The van der Waals surface area contributed by atoms with E-state index in [1.807, 2.05) is 18.2 Å². The van der Waals surface area contributed by atoms with Crippen LogP contribution in [0.5, 0.6) is 5.75 Å². The molecular weight excluding hydrogens is 450 g/mol. The van der Waals surface area contributed by atoms with Gasteiger partial charge in [-0.05, 0) is 66.7 Å². The van der Waals surface area contributed by atoms with Gasteiger partial charge in [0.15, 0.2) is 0 Å². The van der Waals surface area contributed by atoms with Gasteiger partial charge in [-0.1, -0.05) is 44.5 Å². The van der Waals surface area contributed by atoms with E-state index < -0.39 is 0 Å². The highest BCUT2D eigenvalue weighted by Crippen LogP contribution is 2.25. The molecule has 0 spiro atoms. The third kappa shape index (κ3) is 8.32. The summed E-state index contributed by atoms with van der Waals surface area (Å²) >= 11 is 0. The molecule has 0 aliphatic carbocycles. The van der Waals surface area contributed by atoms with Crippen LogP contribution in [-0.4, -0.2) is 74.8 Å². The van der Waals surface area contributed by atoms with Gasteiger partial charge in [-0.25, -0.2) is 0 Å². The maximum atomic E-state index is 12.9. The van der Waals surface area contributed by atoms with Gasteiger partial charge in [0.1, 0.15) is 12.4 Å². The molecule has 6 heteroatoms. The monoisotopic (exact) mass is 493 g/mol. The molecule has 0 aromatic heterocycles. The van der Waals surface area contributed by atoms with Gasteiger partial charge >= 0.3 is 0 Å². The molecule has 2 aromatic carbocycles. The number of piperidine rings is 1. The molecule has 0 unspecified atom stereocenters. The Morgan fingerprint density at radius 2 is 1.78 bits per heavy atom. The number of carbonyl (C=O) groups is 1. The molecule has 2 aliphatic heterocycles. The zero-order chi connectivity index (χ0) is 25.2. The van der Waals surface area contributed by atoms with Gasteiger partial charge in [-0.2, -0.15) is 0 Å². The van der Waals surface area contributed by atoms with Crippen molar-refractivity contribution in [1.82, 2.24) is 15.1 Å². The summed E-state index contributed by atoms with van der Waals surface area (Å²) in [6.07, 6.45) is 4.58. The number of hydrogen-bond donors (Lipinski definition) is 1. The van der Waals surface area contributed by atoms with Crippen molar-refractivity contribution in [3.05, 3.63) is 64.7 Å². The molecule has 6 nitrogen and oxygen atoms in total. The van der Waals surface area contributed by atoms with Crippen molar-refractivity contribution in [3.63, 3.8) is 0 Å². The highest BCUT2D eigenvalue weighted by Gasteiger charge is 2.15. The highest BCUT2D eigenvalue weighted by molar-refractivity contribution is 5.94. The van der Waals surface area contributed by atoms with Crippen LogP contribution < -0.4 is 10.1 Å². The molecule has 0 saturated carbocycles. The summed E-state index contributed by atoms with van der Waals surface area (Å²) in [4.78, 5) is 17.8. The fourth-order valence-corrected chi connectivity index (χ4v) is 5.19. The molecular formula is C30H43N3O3. The predicted molar refractivity (Wildman–Crippen MR) is 145 cm³/mol. The van der Waals surface area contributed by atoms with E-state index in [1.54, 1.807) is 0 Å². The minimum Gasteiger partial charge on any atom is -0.491 e. The van der Waals surface area contributed by atoms with Gasteiger partial charge in [-0.15, -0.1) is 0 Å². The van der Waals surface area contributed by atoms with Gasteiger partial charge in [0.25, 0.3) is 5.91 Å². The molecule has 1 amide bonds. The van der Waals surface area contributed by atoms with Crippen LogP contribution in [0.1, 0.15) is 60.2 Å². The van der Waals surface area contributed by atoms with Gasteiger partial charge in [-0.3, -0.25) is 9.69 Å². The van der Waals surface area contributed by atoms with Crippen molar-refractivity contribution in [2.45, 2.75) is 46.1 Å². The number of fused-ring (bicyclic) bond motifs is 3. The number of likely N-dealkylation sites (tertiary alicyclic amines) is 1. The Morgan fingerprint density at radius 1 is 0.944 bits per heavy atom. The standard InChI is InChI=1S/C30H43N3O3/c1-24(2)22-33-15-16-35-17-18-36-29-10-9-27(30(34)31-11-14-32-12-4-3-5-13-32)21-28(29)20-25-7-6-8-26(19-25)23-33/h6-10,19,21,24H,3-5,11-18,20,22-23H2,1-2H3,(H,31,34).